The van der Waals surface area contributed by atoms with Crippen molar-refractivity contribution in [1.82, 2.24) is 0 Å². The maximum atomic E-state index is 12.8. The molecule has 0 aromatic heterocycles. The maximum Gasteiger partial charge on any atom is 0.343 e. The fraction of sp³-hybridized carbons (Fsp3) is 0.346. The number of ether oxygens (including phenoxy) is 5. The second-order valence-electron chi connectivity index (χ2n) is 15.6. The third-order valence-corrected chi connectivity index (χ3v) is 10.5. The Kier molecular flexibility index (Phi) is 20.0. The number of nitrogens with zero attached hydrogens (tertiary/aromatic N) is 1. The van der Waals surface area contributed by atoms with Gasteiger partial charge >= 0.3 is 23.9 Å². The van der Waals surface area contributed by atoms with Crippen LogP contribution in [0.2, 0.25) is 0 Å². The fourth-order valence-corrected chi connectivity index (χ4v) is 6.80. The number of carbonyl (C=O) groups is 4. The molecule has 0 aliphatic heterocycles. The highest BCUT2D eigenvalue weighted by Crippen LogP contribution is 2.23. The summed E-state index contributed by atoms with van der Waals surface area (Å²) < 4.78 is 27.6. The number of benzene rings is 5. The van der Waals surface area contributed by atoms with Gasteiger partial charge in [0.25, 0.3) is 5.69 Å². The van der Waals surface area contributed by atoms with E-state index in [1.54, 1.807) is 24.3 Å². The van der Waals surface area contributed by atoms with E-state index in [1.807, 2.05) is 0 Å². The lowest BCUT2D eigenvalue weighted by Gasteiger charge is -2.09. The van der Waals surface area contributed by atoms with Crippen LogP contribution in [0.5, 0.6) is 28.7 Å². The lowest BCUT2D eigenvalue weighted by Crippen LogP contribution is -2.11. The number of carbonyl (C=O) groups excluding carboxylic acids is 4. The summed E-state index contributed by atoms with van der Waals surface area (Å²) in [7, 11) is 0. The standard InChI is InChI=1S/C52H57NO11/c1-2-3-4-5-6-7-8-9-10-11-12-13-14-15-16-17-38-60-44-34-36-48(37-35-44)64-52(57)42-24-32-47(33-25-42)63-51(56)41-22-30-46(31-23-41)62-50(55)40-20-28-45(29-21-40)61-49(54)39-18-26-43(27-19-39)53(58)59/h18-37H,2-17,38H2,1H3. The Balaban J connectivity index is 0.937. The number of nitro benzene ring substituents is 1. The topological polar surface area (TPSA) is 158 Å². The molecular weight excluding hydrogens is 815 g/mol. The quantitative estimate of drug-likeness (QED) is 0.0163. The molecular formula is C52H57NO11. The van der Waals surface area contributed by atoms with Crippen molar-refractivity contribution in [1.29, 1.82) is 0 Å². The van der Waals surface area contributed by atoms with Gasteiger partial charge in [-0.25, -0.2) is 19.2 Å². The molecule has 0 heterocycles. The number of unbranched alkanes of at least 4 members (excludes halogenated alkanes) is 15. The highest BCUT2D eigenvalue weighted by molar-refractivity contribution is 5.94. The molecule has 0 amide bonds. The molecule has 0 spiro atoms. The molecule has 64 heavy (non-hydrogen) atoms. The first-order chi connectivity index (χ1) is 31.2. The molecule has 12 nitrogen and oxygen atoms in total. The van der Waals surface area contributed by atoms with E-state index >= 15 is 0 Å². The van der Waals surface area contributed by atoms with E-state index < -0.39 is 28.8 Å². The van der Waals surface area contributed by atoms with Gasteiger partial charge in [0.2, 0.25) is 0 Å². The van der Waals surface area contributed by atoms with Crippen molar-refractivity contribution in [3.63, 3.8) is 0 Å². The third-order valence-electron chi connectivity index (χ3n) is 10.5. The van der Waals surface area contributed by atoms with E-state index in [9.17, 15) is 29.3 Å². The number of hydrogen-bond acceptors (Lipinski definition) is 11. The zero-order valence-corrected chi connectivity index (χ0v) is 36.5. The van der Waals surface area contributed by atoms with Crippen LogP contribution in [0, 0.1) is 10.1 Å². The van der Waals surface area contributed by atoms with Crippen LogP contribution in [-0.4, -0.2) is 35.4 Å². The summed E-state index contributed by atoms with van der Waals surface area (Å²) in [5.41, 5.74) is 0.601. The first kappa shape index (κ1) is 48.2. The Morgan fingerprint density at radius 2 is 0.625 bits per heavy atom. The van der Waals surface area contributed by atoms with Crippen LogP contribution < -0.4 is 23.7 Å². The molecule has 0 N–H and O–H groups in total. The van der Waals surface area contributed by atoms with E-state index in [4.69, 9.17) is 23.7 Å². The highest BCUT2D eigenvalue weighted by atomic mass is 16.6. The van der Waals surface area contributed by atoms with Crippen LogP contribution in [-0.2, 0) is 0 Å². The third kappa shape index (κ3) is 16.8. The van der Waals surface area contributed by atoms with Gasteiger partial charge in [-0.15, -0.1) is 0 Å². The molecule has 0 radical (unpaired) electrons. The predicted molar refractivity (Wildman–Crippen MR) is 244 cm³/mol. The molecule has 0 fully saturated rings. The molecule has 5 aromatic rings. The Morgan fingerprint density at radius 1 is 0.375 bits per heavy atom. The smallest absolute Gasteiger partial charge is 0.343 e. The molecule has 0 atom stereocenters. The zero-order valence-electron chi connectivity index (χ0n) is 36.5. The average molecular weight is 872 g/mol. The SMILES string of the molecule is CCCCCCCCCCCCCCCCCCOc1ccc(OC(=O)c2ccc(OC(=O)c3ccc(OC(=O)c4ccc(OC(=O)c5ccc([N+](=O)[O-])cc5)cc4)cc3)cc2)cc1. The molecule has 0 saturated carbocycles. The summed E-state index contributed by atoms with van der Waals surface area (Å²) in [5.74, 6) is -1.01. The van der Waals surface area contributed by atoms with Crippen LogP contribution in [0.1, 0.15) is 151 Å². The maximum absolute atomic E-state index is 12.8. The van der Waals surface area contributed by atoms with Crippen LogP contribution in [0.4, 0.5) is 5.69 Å². The lowest BCUT2D eigenvalue weighted by atomic mass is 10.0. The van der Waals surface area contributed by atoms with Crippen molar-refractivity contribution in [2.75, 3.05) is 6.61 Å². The summed E-state index contributed by atoms with van der Waals surface area (Å²) in [4.78, 5) is 61.0. The minimum absolute atomic E-state index is 0.121. The fourth-order valence-electron chi connectivity index (χ4n) is 6.80. The number of non-ortho nitro benzene ring substituents is 1. The Labute approximate surface area is 375 Å². The molecule has 0 aliphatic rings. The van der Waals surface area contributed by atoms with Gasteiger partial charge in [-0.2, -0.15) is 0 Å². The summed E-state index contributed by atoms with van der Waals surface area (Å²) in [6.07, 6.45) is 21.2. The second-order valence-corrected chi connectivity index (χ2v) is 15.6. The largest absolute Gasteiger partial charge is 0.494 e. The number of rotatable bonds is 27. The van der Waals surface area contributed by atoms with Gasteiger partial charge in [0.15, 0.2) is 0 Å². The summed E-state index contributed by atoms with van der Waals surface area (Å²) >= 11 is 0. The lowest BCUT2D eigenvalue weighted by molar-refractivity contribution is -0.384. The monoisotopic (exact) mass is 871 g/mol. The van der Waals surface area contributed by atoms with Crippen molar-refractivity contribution in [3.8, 4) is 28.7 Å². The van der Waals surface area contributed by atoms with E-state index in [2.05, 4.69) is 6.92 Å². The summed E-state index contributed by atoms with van der Waals surface area (Å²) in [6, 6.07) is 29.3. The van der Waals surface area contributed by atoms with Gasteiger partial charge in [-0.1, -0.05) is 103 Å². The van der Waals surface area contributed by atoms with Crippen molar-refractivity contribution in [2.45, 2.75) is 110 Å². The molecule has 0 bridgehead atoms. The Hall–Kier alpha value is -6.82. The van der Waals surface area contributed by atoms with Gasteiger partial charge in [0.1, 0.15) is 28.7 Å². The van der Waals surface area contributed by atoms with Crippen LogP contribution in [0.3, 0.4) is 0 Å². The first-order valence-corrected chi connectivity index (χ1v) is 22.3. The molecule has 12 heteroatoms. The average Bonchev–Trinajstić information content (AvgIpc) is 3.31. The molecule has 0 aliphatic carbocycles. The molecule has 336 valence electrons. The number of nitro groups is 1. The molecule has 0 saturated heterocycles. The van der Waals surface area contributed by atoms with Gasteiger partial charge in [0.05, 0.1) is 33.8 Å². The second kappa shape index (κ2) is 26.6. The van der Waals surface area contributed by atoms with E-state index in [1.165, 1.54) is 187 Å². The van der Waals surface area contributed by atoms with Crippen LogP contribution in [0.25, 0.3) is 0 Å². The summed E-state index contributed by atoms with van der Waals surface area (Å²) in [6.45, 7) is 2.91. The molecule has 0 unspecified atom stereocenters. The number of esters is 4. The molecule has 5 aromatic carbocycles. The van der Waals surface area contributed by atoms with Crippen molar-refractivity contribution >= 4 is 29.6 Å². The van der Waals surface area contributed by atoms with E-state index in [0.717, 1.165) is 18.6 Å². The van der Waals surface area contributed by atoms with Gasteiger partial charge < -0.3 is 23.7 Å². The van der Waals surface area contributed by atoms with Crippen molar-refractivity contribution < 1.29 is 47.8 Å². The summed E-state index contributed by atoms with van der Waals surface area (Å²) in [5, 5.41) is 10.8. The Bertz CT molecular complexity index is 2220. The Morgan fingerprint density at radius 3 is 0.922 bits per heavy atom. The van der Waals surface area contributed by atoms with E-state index in [0.29, 0.717) is 12.4 Å². The van der Waals surface area contributed by atoms with Crippen LogP contribution in [0.15, 0.2) is 121 Å². The van der Waals surface area contributed by atoms with Crippen molar-refractivity contribution in [2.24, 2.45) is 0 Å². The minimum Gasteiger partial charge on any atom is -0.494 e. The van der Waals surface area contributed by atoms with E-state index in [-0.39, 0.29) is 45.2 Å². The number of hydrogen-bond donors (Lipinski definition) is 0. The van der Waals surface area contributed by atoms with Crippen LogP contribution >= 0.6 is 0 Å². The van der Waals surface area contributed by atoms with Crippen molar-refractivity contribution in [3.05, 3.63) is 154 Å². The van der Waals surface area contributed by atoms with Gasteiger partial charge in [-0.3, -0.25) is 10.1 Å². The molecule has 5 rings (SSSR count). The highest BCUT2D eigenvalue weighted by Gasteiger charge is 2.16. The predicted octanol–water partition coefficient (Wildman–Crippen LogP) is 13.1. The zero-order chi connectivity index (χ0) is 45.4. The minimum atomic E-state index is -0.723. The first-order valence-electron chi connectivity index (χ1n) is 22.3. The van der Waals surface area contributed by atoms with Gasteiger partial charge in [-0.05, 0) is 116 Å². The normalized spacial score (nSPS) is 10.8. The van der Waals surface area contributed by atoms with Gasteiger partial charge in [0, 0.05) is 12.1 Å².